The van der Waals surface area contributed by atoms with E-state index in [9.17, 15) is 14.4 Å². The SMILES string of the molecule is Cc1ccc(NC(=O)CN2C(=O)NC(C)(CCc3ccccc3)C2=O)cc1Cl. The molecule has 4 amide bonds. The standard InChI is InChI=1S/C21H22ClN3O3/c1-14-8-9-16(12-17(14)22)23-18(26)13-25-19(27)21(2,24-20(25)28)11-10-15-6-4-3-5-7-15/h3-9,12H,10-11,13H2,1-2H3,(H,23,26)(H,24,28). The van der Waals surface area contributed by atoms with Crippen molar-refractivity contribution < 1.29 is 14.4 Å². The Bertz CT molecular complexity index is 916. The van der Waals surface area contributed by atoms with Crippen LogP contribution >= 0.6 is 11.6 Å². The first-order valence-electron chi connectivity index (χ1n) is 9.02. The Morgan fingerprint density at radius 3 is 2.57 bits per heavy atom. The highest BCUT2D eigenvalue weighted by atomic mass is 35.5. The summed E-state index contributed by atoms with van der Waals surface area (Å²) in [6.07, 6.45) is 1.10. The molecule has 146 valence electrons. The summed E-state index contributed by atoms with van der Waals surface area (Å²) in [7, 11) is 0. The zero-order chi connectivity index (χ0) is 20.3. The van der Waals surface area contributed by atoms with Crippen molar-refractivity contribution in [2.45, 2.75) is 32.2 Å². The summed E-state index contributed by atoms with van der Waals surface area (Å²) >= 11 is 6.06. The number of hydrogen-bond acceptors (Lipinski definition) is 3. The van der Waals surface area contributed by atoms with E-state index in [1.54, 1.807) is 25.1 Å². The summed E-state index contributed by atoms with van der Waals surface area (Å²) in [5, 5.41) is 5.92. The van der Waals surface area contributed by atoms with E-state index < -0.39 is 23.4 Å². The zero-order valence-corrected chi connectivity index (χ0v) is 16.5. The van der Waals surface area contributed by atoms with Crippen molar-refractivity contribution >= 4 is 35.1 Å². The van der Waals surface area contributed by atoms with Gasteiger partial charge >= 0.3 is 6.03 Å². The van der Waals surface area contributed by atoms with Gasteiger partial charge < -0.3 is 10.6 Å². The van der Waals surface area contributed by atoms with Gasteiger partial charge in [-0.3, -0.25) is 14.5 Å². The molecule has 3 rings (SSSR count). The van der Waals surface area contributed by atoms with Crippen LogP contribution in [0.5, 0.6) is 0 Å². The van der Waals surface area contributed by atoms with Gasteiger partial charge in [-0.25, -0.2) is 4.79 Å². The minimum Gasteiger partial charge on any atom is -0.324 e. The Morgan fingerprint density at radius 2 is 1.89 bits per heavy atom. The molecule has 1 unspecified atom stereocenters. The van der Waals surface area contributed by atoms with Crippen molar-refractivity contribution in [1.82, 2.24) is 10.2 Å². The van der Waals surface area contributed by atoms with Crippen LogP contribution in [0.4, 0.5) is 10.5 Å². The van der Waals surface area contributed by atoms with E-state index in [1.165, 1.54) is 0 Å². The third kappa shape index (κ3) is 4.34. The lowest BCUT2D eigenvalue weighted by atomic mass is 9.93. The Labute approximate surface area is 168 Å². The first-order chi connectivity index (χ1) is 13.3. The molecule has 28 heavy (non-hydrogen) atoms. The summed E-state index contributed by atoms with van der Waals surface area (Å²) in [5.41, 5.74) is 1.46. The molecule has 2 aromatic rings. The number of hydrogen-bond donors (Lipinski definition) is 2. The molecular weight excluding hydrogens is 378 g/mol. The van der Waals surface area contributed by atoms with Crippen molar-refractivity contribution in [1.29, 1.82) is 0 Å². The van der Waals surface area contributed by atoms with Crippen LogP contribution < -0.4 is 10.6 Å². The lowest BCUT2D eigenvalue weighted by Crippen LogP contribution is -2.45. The van der Waals surface area contributed by atoms with Gasteiger partial charge in [-0.1, -0.05) is 48.0 Å². The van der Waals surface area contributed by atoms with Crippen LogP contribution in [0.3, 0.4) is 0 Å². The quantitative estimate of drug-likeness (QED) is 0.729. The van der Waals surface area contributed by atoms with E-state index in [0.29, 0.717) is 23.6 Å². The van der Waals surface area contributed by atoms with Crippen LogP contribution in [-0.4, -0.2) is 34.8 Å². The van der Waals surface area contributed by atoms with Crippen LogP contribution in [0.15, 0.2) is 48.5 Å². The smallest absolute Gasteiger partial charge is 0.324 e. The number of carbonyl (C=O) groups excluding carboxylic acids is 3. The predicted octanol–water partition coefficient (Wildman–Crippen LogP) is 3.53. The normalized spacial score (nSPS) is 18.9. The van der Waals surface area contributed by atoms with Gasteiger partial charge in [-0.2, -0.15) is 0 Å². The second-order valence-corrected chi connectivity index (χ2v) is 7.56. The second kappa shape index (κ2) is 8.02. The number of urea groups is 1. The van der Waals surface area contributed by atoms with E-state index in [0.717, 1.165) is 16.0 Å². The van der Waals surface area contributed by atoms with Gasteiger partial charge in [0.2, 0.25) is 5.91 Å². The number of benzene rings is 2. The first-order valence-corrected chi connectivity index (χ1v) is 9.40. The van der Waals surface area contributed by atoms with Crippen LogP contribution in [0.2, 0.25) is 5.02 Å². The molecule has 1 atom stereocenters. The topological polar surface area (TPSA) is 78.5 Å². The predicted molar refractivity (Wildman–Crippen MR) is 108 cm³/mol. The van der Waals surface area contributed by atoms with Gasteiger partial charge in [0.25, 0.3) is 5.91 Å². The van der Waals surface area contributed by atoms with E-state index >= 15 is 0 Å². The van der Waals surface area contributed by atoms with Crippen LogP contribution in [0.25, 0.3) is 0 Å². The van der Waals surface area contributed by atoms with Crippen molar-refractivity contribution in [3.05, 3.63) is 64.7 Å². The summed E-state index contributed by atoms with van der Waals surface area (Å²) in [4.78, 5) is 38.4. The summed E-state index contributed by atoms with van der Waals surface area (Å²) in [6.45, 7) is 3.20. The average Bonchev–Trinajstić information content (AvgIpc) is 2.87. The first kappa shape index (κ1) is 19.9. The highest BCUT2D eigenvalue weighted by Crippen LogP contribution is 2.24. The molecule has 1 aliphatic rings. The molecule has 0 bridgehead atoms. The fourth-order valence-corrected chi connectivity index (χ4v) is 3.29. The molecule has 2 aromatic carbocycles. The maximum atomic E-state index is 12.8. The molecule has 0 radical (unpaired) electrons. The minimum absolute atomic E-state index is 0.350. The van der Waals surface area contributed by atoms with Gasteiger partial charge in [0.15, 0.2) is 0 Å². The molecule has 1 heterocycles. The average molecular weight is 400 g/mol. The third-order valence-electron chi connectivity index (χ3n) is 4.86. The fraction of sp³-hybridized carbons (Fsp3) is 0.286. The molecule has 7 heteroatoms. The highest BCUT2D eigenvalue weighted by Gasteiger charge is 2.47. The summed E-state index contributed by atoms with van der Waals surface area (Å²) in [5.74, 6) is -0.860. The van der Waals surface area contributed by atoms with E-state index in [-0.39, 0.29) is 6.54 Å². The zero-order valence-electron chi connectivity index (χ0n) is 15.8. The molecule has 2 N–H and O–H groups in total. The van der Waals surface area contributed by atoms with Crippen molar-refractivity contribution in [2.75, 3.05) is 11.9 Å². The number of imide groups is 1. The van der Waals surface area contributed by atoms with Crippen LogP contribution in [-0.2, 0) is 16.0 Å². The molecule has 6 nitrogen and oxygen atoms in total. The van der Waals surface area contributed by atoms with Crippen LogP contribution in [0.1, 0.15) is 24.5 Å². The van der Waals surface area contributed by atoms with Gasteiger partial charge in [0.1, 0.15) is 12.1 Å². The molecule has 1 saturated heterocycles. The Morgan fingerprint density at radius 1 is 1.18 bits per heavy atom. The summed E-state index contributed by atoms with van der Waals surface area (Å²) < 4.78 is 0. The van der Waals surface area contributed by atoms with Gasteiger partial charge in [-0.15, -0.1) is 0 Å². The Balaban J connectivity index is 1.62. The molecule has 1 fully saturated rings. The molecule has 0 saturated carbocycles. The lowest BCUT2D eigenvalue weighted by Gasteiger charge is -2.21. The number of anilines is 1. The van der Waals surface area contributed by atoms with Crippen molar-refractivity contribution in [3.63, 3.8) is 0 Å². The molecule has 0 spiro atoms. The van der Waals surface area contributed by atoms with Crippen molar-refractivity contribution in [3.8, 4) is 0 Å². The largest absolute Gasteiger partial charge is 0.325 e. The maximum Gasteiger partial charge on any atom is 0.325 e. The maximum absolute atomic E-state index is 12.8. The number of halogens is 1. The lowest BCUT2D eigenvalue weighted by molar-refractivity contribution is -0.133. The van der Waals surface area contributed by atoms with Gasteiger partial charge in [-0.05, 0) is 49.9 Å². The third-order valence-corrected chi connectivity index (χ3v) is 5.27. The number of amides is 4. The number of rotatable bonds is 6. The number of nitrogens with zero attached hydrogens (tertiary/aromatic N) is 1. The van der Waals surface area contributed by atoms with Crippen LogP contribution in [0, 0.1) is 6.92 Å². The Hall–Kier alpha value is -2.86. The number of carbonyl (C=O) groups is 3. The van der Waals surface area contributed by atoms with Gasteiger partial charge in [0, 0.05) is 10.7 Å². The van der Waals surface area contributed by atoms with E-state index in [1.807, 2.05) is 37.3 Å². The van der Waals surface area contributed by atoms with E-state index in [2.05, 4.69) is 10.6 Å². The van der Waals surface area contributed by atoms with E-state index in [4.69, 9.17) is 11.6 Å². The minimum atomic E-state index is -1.03. The number of nitrogens with one attached hydrogen (secondary N) is 2. The van der Waals surface area contributed by atoms with Crippen molar-refractivity contribution in [2.24, 2.45) is 0 Å². The second-order valence-electron chi connectivity index (χ2n) is 7.15. The fourth-order valence-electron chi connectivity index (χ4n) is 3.11. The molecule has 1 aliphatic heterocycles. The monoisotopic (exact) mass is 399 g/mol. The molecule has 0 aliphatic carbocycles. The molecule has 0 aromatic heterocycles. The highest BCUT2D eigenvalue weighted by molar-refractivity contribution is 6.31. The number of aryl methyl sites for hydroxylation is 2. The Kier molecular flexibility index (Phi) is 5.70. The summed E-state index contributed by atoms with van der Waals surface area (Å²) in [6, 6.07) is 14.3. The van der Waals surface area contributed by atoms with Gasteiger partial charge in [0.05, 0.1) is 0 Å². The molecular formula is C21H22ClN3O3.